The molecule has 0 aromatic heterocycles. The number of anilines is 1. The third-order valence-electron chi connectivity index (χ3n) is 5.85. The lowest BCUT2D eigenvalue weighted by molar-refractivity contribution is -0.139. The Labute approximate surface area is 225 Å². The fourth-order valence-corrected chi connectivity index (χ4v) is 4.65. The van der Waals surface area contributed by atoms with Gasteiger partial charge in [-0.05, 0) is 69.7 Å². The molecule has 0 spiro atoms. The van der Waals surface area contributed by atoms with Gasteiger partial charge in [0.15, 0.2) is 0 Å². The summed E-state index contributed by atoms with van der Waals surface area (Å²) in [5.41, 5.74) is 2.22. The maximum absolute atomic E-state index is 13.6. The van der Waals surface area contributed by atoms with E-state index in [4.69, 9.17) is 4.74 Å². The van der Waals surface area contributed by atoms with E-state index in [9.17, 15) is 18.0 Å². The van der Waals surface area contributed by atoms with Crippen LogP contribution in [0, 0.1) is 6.92 Å². The van der Waals surface area contributed by atoms with Gasteiger partial charge >= 0.3 is 0 Å². The number of aryl methyl sites for hydroxylation is 1. The number of amides is 2. The Balaban J connectivity index is 1.85. The van der Waals surface area contributed by atoms with Crippen molar-refractivity contribution in [3.8, 4) is 11.5 Å². The van der Waals surface area contributed by atoms with Gasteiger partial charge in [0.1, 0.15) is 24.1 Å². The zero-order valence-corrected chi connectivity index (χ0v) is 23.2. The van der Waals surface area contributed by atoms with E-state index in [2.05, 4.69) is 5.32 Å². The number of para-hydroxylation sites is 1. The van der Waals surface area contributed by atoms with Crippen LogP contribution >= 0.6 is 0 Å². The van der Waals surface area contributed by atoms with Crippen molar-refractivity contribution in [2.45, 2.75) is 46.3 Å². The van der Waals surface area contributed by atoms with Crippen molar-refractivity contribution in [3.63, 3.8) is 0 Å². The van der Waals surface area contributed by atoms with E-state index in [1.807, 2.05) is 75.4 Å². The van der Waals surface area contributed by atoms with Gasteiger partial charge in [0.05, 0.1) is 11.9 Å². The van der Waals surface area contributed by atoms with Crippen LogP contribution in [0.2, 0.25) is 0 Å². The maximum atomic E-state index is 13.6. The monoisotopic (exact) mass is 537 g/mol. The van der Waals surface area contributed by atoms with Gasteiger partial charge in [-0.15, -0.1) is 0 Å². The predicted octanol–water partition coefficient (Wildman–Crippen LogP) is 4.50. The van der Waals surface area contributed by atoms with Crippen LogP contribution in [0.1, 0.15) is 31.9 Å². The normalized spacial score (nSPS) is 12.1. The molecule has 0 unspecified atom stereocenters. The SMILES string of the molecule is Cc1ccc(CN(C(=O)CN(c2ccc(Oc3ccccc3)cc2)S(C)(=O)=O)[C@@H](C)C(=O)NC(C)C)cc1. The molecule has 1 atom stereocenters. The van der Waals surface area contributed by atoms with Crippen LogP contribution in [-0.4, -0.2) is 50.0 Å². The molecule has 2 amide bonds. The minimum absolute atomic E-state index is 0.106. The van der Waals surface area contributed by atoms with Crippen LogP contribution in [0.15, 0.2) is 78.9 Å². The first-order valence-corrected chi connectivity index (χ1v) is 14.2. The number of nitrogens with zero attached hydrogens (tertiary/aromatic N) is 2. The lowest BCUT2D eigenvalue weighted by Gasteiger charge is -2.32. The summed E-state index contributed by atoms with van der Waals surface area (Å²) >= 11 is 0. The Kier molecular flexibility index (Phi) is 9.52. The number of nitrogens with one attached hydrogen (secondary N) is 1. The average Bonchev–Trinajstić information content (AvgIpc) is 2.86. The standard InChI is InChI=1S/C29H35N3O5S/c1-21(2)30-29(34)23(4)31(19-24-13-11-22(3)12-14-24)28(33)20-32(38(5,35)36)25-15-17-27(18-16-25)37-26-9-7-6-8-10-26/h6-18,21,23H,19-20H2,1-5H3,(H,30,34)/t23-/m0/s1. The third-order valence-corrected chi connectivity index (χ3v) is 7.00. The zero-order valence-electron chi connectivity index (χ0n) is 22.4. The molecule has 0 aliphatic heterocycles. The summed E-state index contributed by atoms with van der Waals surface area (Å²) in [5, 5.41) is 2.84. The molecule has 3 rings (SSSR count). The maximum Gasteiger partial charge on any atom is 0.244 e. The zero-order chi connectivity index (χ0) is 27.9. The third kappa shape index (κ3) is 8.08. The number of rotatable bonds is 11. The van der Waals surface area contributed by atoms with Crippen molar-refractivity contribution in [2.24, 2.45) is 0 Å². The van der Waals surface area contributed by atoms with E-state index >= 15 is 0 Å². The number of ether oxygens (including phenoxy) is 1. The lowest BCUT2D eigenvalue weighted by atomic mass is 10.1. The molecule has 0 aliphatic carbocycles. The molecular formula is C29H35N3O5S. The van der Waals surface area contributed by atoms with Crippen molar-refractivity contribution in [2.75, 3.05) is 17.1 Å². The average molecular weight is 538 g/mol. The Morgan fingerprint density at radius 1 is 0.868 bits per heavy atom. The summed E-state index contributed by atoms with van der Waals surface area (Å²) in [4.78, 5) is 27.8. The first kappa shape index (κ1) is 28.7. The fourth-order valence-electron chi connectivity index (χ4n) is 3.80. The highest BCUT2D eigenvalue weighted by atomic mass is 32.2. The largest absolute Gasteiger partial charge is 0.457 e. The van der Waals surface area contributed by atoms with Gasteiger partial charge in [-0.2, -0.15) is 0 Å². The molecule has 0 aliphatic rings. The molecule has 9 heteroatoms. The van der Waals surface area contributed by atoms with Gasteiger partial charge in [-0.25, -0.2) is 8.42 Å². The van der Waals surface area contributed by atoms with E-state index in [0.29, 0.717) is 17.2 Å². The summed E-state index contributed by atoms with van der Waals surface area (Å²) in [6.45, 7) is 6.99. The van der Waals surface area contributed by atoms with Crippen LogP contribution in [0.25, 0.3) is 0 Å². The number of sulfonamides is 1. The molecule has 0 saturated heterocycles. The fraction of sp³-hybridized carbons (Fsp3) is 0.310. The second kappa shape index (κ2) is 12.6. The summed E-state index contributed by atoms with van der Waals surface area (Å²) < 4.78 is 32.3. The van der Waals surface area contributed by atoms with Crippen molar-refractivity contribution in [1.82, 2.24) is 10.2 Å². The smallest absolute Gasteiger partial charge is 0.244 e. The van der Waals surface area contributed by atoms with E-state index < -0.39 is 28.5 Å². The van der Waals surface area contributed by atoms with Crippen LogP contribution in [-0.2, 0) is 26.2 Å². The van der Waals surface area contributed by atoms with Crippen LogP contribution in [0.5, 0.6) is 11.5 Å². The molecule has 1 N–H and O–H groups in total. The molecule has 202 valence electrons. The second-order valence-electron chi connectivity index (χ2n) is 9.53. The summed E-state index contributed by atoms with van der Waals surface area (Å²) in [6, 6.07) is 22.4. The second-order valence-corrected chi connectivity index (χ2v) is 11.4. The van der Waals surface area contributed by atoms with E-state index in [1.165, 1.54) is 4.90 Å². The minimum Gasteiger partial charge on any atom is -0.457 e. The van der Waals surface area contributed by atoms with E-state index in [-0.39, 0.29) is 18.5 Å². The molecule has 38 heavy (non-hydrogen) atoms. The van der Waals surface area contributed by atoms with E-state index in [0.717, 1.165) is 21.7 Å². The Bertz CT molecular complexity index is 1320. The highest BCUT2D eigenvalue weighted by Crippen LogP contribution is 2.26. The molecule has 3 aromatic rings. The molecular weight excluding hydrogens is 502 g/mol. The van der Waals surface area contributed by atoms with Crippen LogP contribution in [0.4, 0.5) is 5.69 Å². The quantitative estimate of drug-likeness (QED) is 0.389. The van der Waals surface area contributed by atoms with Crippen molar-refractivity contribution in [1.29, 1.82) is 0 Å². The lowest BCUT2D eigenvalue weighted by Crippen LogP contribution is -2.52. The van der Waals surface area contributed by atoms with Crippen LogP contribution in [0.3, 0.4) is 0 Å². The van der Waals surface area contributed by atoms with Gasteiger partial charge in [0, 0.05) is 12.6 Å². The minimum atomic E-state index is -3.82. The predicted molar refractivity (Wildman–Crippen MR) is 150 cm³/mol. The first-order chi connectivity index (χ1) is 17.9. The summed E-state index contributed by atoms with van der Waals surface area (Å²) in [7, 11) is -3.82. The molecule has 0 saturated carbocycles. The highest BCUT2D eigenvalue weighted by Gasteiger charge is 2.30. The molecule has 3 aromatic carbocycles. The number of benzene rings is 3. The highest BCUT2D eigenvalue weighted by molar-refractivity contribution is 7.92. The van der Waals surface area contributed by atoms with Gasteiger partial charge in [-0.3, -0.25) is 13.9 Å². The summed E-state index contributed by atoms with van der Waals surface area (Å²) in [5.74, 6) is 0.372. The summed E-state index contributed by atoms with van der Waals surface area (Å²) in [6.07, 6.45) is 1.05. The topological polar surface area (TPSA) is 96.0 Å². The van der Waals surface area contributed by atoms with Crippen molar-refractivity contribution < 1.29 is 22.7 Å². The van der Waals surface area contributed by atoms with Crippen LogP contribution < -0.4 is 14.4 Å². The molecule has 8 nitrogen and oxygen atoms in total. The molecule has 0 fully saturated rings. The molecule has 0 bridgehead atoms. The van der Waals surface area contributed by atoms with Crippen molar-refractivity contribution >= 4 is 27.5 Å². The van der Waals surface area contributed by atoms with Crippen molar-refractivity contribution in [3.05, 3.63) is 90.0 Å². The number of hydrogen-bond acceptors (Lipinski definition) is 5. The van der Waals surface area contributed by atoms with Gasteiger partial charge in [-0.1, -0.05) is 48.0 Å². The number of hydrogen-bond donors (Lipinski definition) is 1. The number of carbonyl (C=O) groups excluding carboxylic acids is 2. The van der Waals surface area contributed by atoms with Gasteiger partial charge in [0.2, 0.25) is 21.8 Å². The Morgan fingerprint density at radius 3 is 2.00 bits per heavy atom. The first-order valence-electron chi connectivity index (χ1n) is 12.4. The Hall–Kier alpha value is -3.85. The van der Waals surface area contributed by atoms with Gasteiger partial charge in [0.25, 0.3) is 0 Å². The molecule has 0 heterocycles. The van der Waals surface area contributed by atoms with Gasteiger partial charge < -0.3 is 15.0 Å². The number of carbonyl (C=O) groups is 2. The Morgan fingerprint density at radius 2 is 1.45 bits per heavy atom. The molecule has 0 radical (unpaired) electrons. The van der Waals surface area contributed by atoms with E-state index in [1.54, 1.807) is 31.2 Å².